The van der Waals surface area contributed by atoms with Gasteiger partial charge in [0.2, 0.25) is 0 Å². The van der Waals surface area contributed by atoms with E-state index in [1.807, 2.05) is 14.1 Å². The lowest BCUT2D eigenvalue weighted by Gasteiger charge is -2.19. The van der Waals surface area contributed by atoms with Gasteiger partial charge in [0, 0.05) is 18.1 Å². The summed E-state index contributed by atoms with van der Waals surface area (Å²) in [7, 11) is 5.70. The van der Waals surface area contributed by atoms with E-state index in [0.29, 0.717) is 16.7 Å². The first-order chi connectivity index (χ1) is 9.81. The number of nitrogens with one attached hydrogen (secondary N) is 1. The predicted octanol–water partition coefficient (Wildman–Crippen LogP) is 2.56. The Bertz CT molecular complexity index is 520. The second kappa shape index (κ2) is 7.99. The number of carboxylic acid groups (broad SMARTS) is 1. The molecule has 0 aromatic heterocycles. The zero-order valence-corrected chi connectivity index (χ0v) is 14.0. The highest BCUT2D eigenvalue weighted by Crippen LogP contribution is 2.24. The lowest BCUT2D eigenvalue weighted by atomic mass is 10.2. The van der Waals surface area contributed by atoms with E-state index in [0.717, 1.165) is 13.0 Å². The van der Waals surface area contributed by atoms with Crippen molar-refractivity contribution in [3.05, 3.63) is 28.2 Å². The van der Waals surface area contributed by atoms with Crippen LogP contribution >= 0.6 is 15.9 Å². The normalized spacial score (nSPS) is 10.5. The van der Waals surface area contributed by atoms with E-state index in [2.05, 4.69) is 26.1 Å². The molecule has 2 N–H and O–H groups in total. The molecule has 0 aliphatic heterocycles. The summed E-state index contributed by atoms with van der Waals surface area (Å²) in [4.78, 5) is 26.5. The van der Waals surface area contributed by atoms with Gasteiger partial charge in [0.05, 0.1) is 11.3 Å². The fourth-order valence-corrected chi connectivity index (χ4v) is 2.16. The van der Waals surface area contributed by atoms with Crippen LogP contribution in [0.5, 0.6) is 0 Å². The third-order valence-corrected chi connectivity index (χ3v) is 3.56. The molecule has 2 amide bonds. The molecule has 1 aromatic rings. The van der Waals surface area contributed by atoms with Gasteiger partial charge in [-0.3, -0.25) is 0 Å². The first-order valence-corrected chi connectivity index (χ1v) is 7.30. The highest BCUT2D eigenvalue weighted by molar-refractivity contribution is 9.10. The Balaban J connectivity index is 2.60. The molecule has 0 spiro atoms. The van der Waals surface area contributed by atoms with E-state index in [1.165, 1.54) is 12.1 Å². The van der Waals surface area contributed by atoms with Crippen LogP contribution < -0.4 is 5.32 Å². The minimum Gasteiger partial charge on any atom is -0.478 e. The van der Waals surface area contributed by atoms with E-state index in [4.69, 9.17) is 5.11 Å². The maximum atomic E-state index is 12.0. The van der Waals surface area contributed by atoms with Crippen LogP contribution in [0.1, 0.15) is 16.8 Å². The van der Waals surface area contributed by atoms with E-state index in [1.54, 1.807) is 18.0 Å². The number of carboxylic acids is 1. The zero-order valence-electron chi connectivity index (χ0n) is 12.4. The summed E-state index contributed by atoms with van der Waals surface area (Å²) in [6, 6.07) is 4.26. The minimum atomic E-state index is -1.01. The number of carbonyl (C=O) groups excluding carboxylic acids is 1. The summed E-state index contributed by atoms with van der Waals surface area (Å²) in [6.07, 6.45) is 0.885. The highest BCUT2D eigenvalue weighted by Gasteiger charge is 2.12. The van der Waals surface area contributed by atoms with Crippen LogP contribution in [0, 0.1) is 0 Å². The average molecular weight is 358 g/mol. The number of carbonyl (C=O) groups is 2. The molecule has 0 aliphatic rings. The number of halogens is 1. The standard InChI is InChI=1S/C14H20BrN3O3/c1-17(2)7-4-8-18(3)14(21)16-12-6-5-10(13(19)20)9-11(12)15/h5-6,9H,4,7-8H2,1-3H3,(H,16,21)(H,19,20). The van der Waals surface area contributed by atoms with Crippen molar-refractivity contribution >= 4 is 33.6 Å². The van der Waals surface area contributed by atoms with Gasteiger partial charge in [-0.15, -0.1) is 0 Å². The molecule has 6 nitrogen and oxygen atoms in total. The van der Waals surface area contributed by atoms with Crippen LogP contribution in [0.4, 0.5) is 10.5 Å². The number of rotatable bonds is 6. The molecule has 0 aliphatic carbocycles. The number of amides is 2. The fourth-order valence-electron chi connectivity index (χ4n) is 1.69. The van der Waals surface area contributed by atoms with Crippen LogP contribution in [0.15, 0.2) is 22.7 Å². The maximum Gasteiger partial charge on any atom is 0.335 e. The molecule has 0 fully saturated rings. The highest BCUT2D eigenvalue weighted by atomic mass is 79.9. The van der Waals surface area contributed by atoms with Crippen molar-refractivity contribution in [3.63, 3.8) is 0 Å². The Labute approximate surface area is 132 Å². The van der Waals surface area contributed by atoms with Crippen molar-refractivity contribution in [3.8, 4) is 0 Å². The minimum absolute atomic E-state index is 0.166. The van der Waals surface area contributed by atoms with Crippen molar-refractivity contribution in [1.82, 2.24) is 9.80 Å². The average Bonchev–Trinajstić information content (AvgIpc) is 2.40. The Morgan fingerprint density at radius 1 is 1.24 bits per heavy atom. The van der Waals surface area contributed by atoms with Crippen molar-refractivity contribution < 1.29 is 14.7 Å². The van der Waals surface area contributed by atoms with Gasteiger partial charge in [0.25, 0.3) is 0 Å². The van der Waals surface area contributed by atoms with Gasteiger partial charge in [-0.1, -0.05) is 0 Å². The van der Waals surface area contributed by atoms with Gasteiger partial charge in [-0.25, -0.2) is 9.59 Å². The number of anilines is 1. The van der Waals surface area contributed by atoms with Gasteiger partial charge in [-0.05, 0) is 61.2 Å². The molecule has 0 atom stereocenters. The summed E-state index contributed by atoms with van der Waals surface area (Å²) < 4.78 is 0.539. The van der Waals surface area contributed by atoms with Gasteiger partial charge in [0.15, 0.2) is 0 Å². The smallest absolute Gasteiger partial charge is 0.335 e. The summed E-state index contributed by atoms with van der Waals surface area (Å²) in [6.45, 7) is 1.56. The lowest BCUT2D eigenvalue weighted by Crippen LogP contribution is -2.33. The van der Waals surface area contributed by atoms with Gasteiger partial charge in [-0.2, -0.15) is 0 Å². The monoisotopic (exact) mass is 357 g/mol. The molecule has 21 heavy (non-hydrogen) atoms. The summed E-state index contributed by atoms with van der Waals surface area (Å²) in [5.41, 5.74) is 0.712. The number of benzene rings is 1. The molecule has 0 saturated carbocycles. The second-order valence-corrected chi connectivity index (χ2v) is 5.86. The molecule has 0 unspecified atom stereocenters. The Morgan fingerprint density at radius 2 is 1.90 bits per heavy atom. The van der Waals surface area contributed by atoms with Crippen molar-refractivity contribution in [2.45, 2.75) is 6.42 Å². The number of hydrogen-bond donors (Lipinski definition) is 2. The summed E-state index contributed by atoms with van der Waals surface area (Å²) in [5, 5.41) is 11.6. The first-order valence-electron chi connectivity index (χ1n) is 6.51. The topological polar surface area (TPSA) is 72.9 Å². The number of nitrogens with zero attached hydrogens (tertiary/aromatic N) is 2. The van der Waals surface area contributed by atoms with Crippen LogP contribution in [0.25, 0.3) is 0 Å². The second-order valence-electron chi connectivity index (χ2n) is 5.01. The Kier molecular flexibility index (Phi) is 6.64. The Morgan fingerprint density at radius 3 is 2.43 bits per heavy atom. The molecule has 0 saturated heterocycles. The SMILES string of the molecule is CN(C)CCCN(C)C(=O)Nc1ccc(C(=O)O)cc1Br. The van der Waals surface area contributed by atoms with Gasteiger partial charge < -0.3 is 20.2 Å². The molecule has 0 radical (unpaired) electrons. The molecule has 116 valence electrons. The van der Waals surface area contributed by atoms with Gasteiger partial charge >= 0.3 is 12.0 Å². The zero-order chi connectivity index (χ0) is 16.0. The molecular formula is C14H20BrN3O3. The third-order valence-electron chi connectivity index (χ3n) is 2.90. The number of urea groups is 1. The lowest BCUT2D eigenvalue weighted by molar-refractivity contribution is 0.0697. The van der Waals surface area contributed by atoms with Crippen molar-refractivity contribution in [2.24, 2.45) is 0 Å². The van der Waals surface area contributed by atoms with Crippen LogP contribution in [0.2, 0.25) is 0 Å². The fraction of sp³-hybridized carbons (Fsp3) is 0.429. The van der Waals surface area contributed by atoms with E-state index in [-0.39, 0.29) is 11.6 Å². The summed E-state index contributed by atoms with van der Waals surface area (Å²) in [5.74, 6) is -1.01. The number of aromatic carboxylic acids is 1. The quantitative estimate of drug-likeness (QED) is 0.820. The molecule has 0 bridgehead atoms. The number of hydrogen-bond acceptors (Lipinski definition) is 3. The summed E-state index contributed by atoms with van der Waals surface area (Å²) >= 11 is 3.26. The Hall–Kier alpha value is -1.60. The molecule has 0 heterocycles. The predicted molar refractivity (Wildman–Crippen MR) is 85.9 cm³/mol. The van der Waals surface area contributed by atoms with Gasteiger partial charge in [0.1, 0.15) is 0 Å². The maximum absolute atomic E-state index is 12.0. The van der Waals surface area contributed by atoms with E-state index < -0.39 is 5.97 Å². The molecule has 7 heteroatoms. The molecule has 1 aromatic carbocycles. The van der Waals surface area contributed by atoms with Crippen LogP contribution in [0.3, 0.4) is 0 Å². The largest absolute Gasteiger partial charge is 0.478 e. The van der Waals surface area contributed by atoms with E-state index in [9.17, 15) is 9.59 Å². The molecule has 1 rings (SSSR count). The molecular weight excluding hydrogens is 338 g/mol. The van der Waals surface area contributed by atoms with Crippen LogP contribution in [-0.2, 0) is 0 Å². The van der Waals surface area contributed by atoms with Crippen molar-refractivity contribution in [2.75, 3.05) is 39.5 Å². The first kappa shape index (κ1) is 17.5. The third kappa shape index (κ3) is 5.73. The van der Waals surface area contributed by atoms with Crippen molar-refractivity contribution in [1.29, 1.82) is 0 Å². The van der Waals surface area contributed by atoms with Crippen LogP contribution in [-0.4, -0.2) is 61.1 Å². The van der Waals surface area contributed by atoms with E-state index >= 15 is 0 Å².